The number of hydrogen-bond donors (Lipinski definition) is 2. The Bertz CT molecular complexity index is 368. The van der Waals surface area contributed by atoms with E-state index in [9.17, 15) is 16.8 Å². The zero-order valence-electron chi connectivity index (χ0n) is 6.04. The van der Waals surface area contributed by atoms with Crippen LogP contribution in [0.4, 0.5) is 0 Å². The number of aliphatic hydroxyl groups excluding tert-OH is 1. The number of primary sulfonamides is 1. The molecule has 0 saturated carbocycles. The number of nitrogens with two attached hydrogens (primary N) is 1. The van der Waals surface area contributed by atoms with E-state index in [1.807, 2.05) is 0 Å². The molecule has 72 valence electrons. The lowest BCUT2D eigenvalue weighted by molar-refractivity contribution is 0.204. The molecule has 0 aromatic rings. The summed E-state index contributed by atoms with van der Waals surface area (Å²) in [5.41, 5.74) is 0. The molecule has 8 heteroatoms. The van der Waals surface area contributed by atoms with Crippen molar-refractivity contribution in [3.05, 3.63) is 0 Å². The predicted octanol–water partition coefficient (Wildman–Crippen LogP) is -2.57. The van der Waals surface area contributed by atoms with E-state index in [-0.39, 0.29) is 0 Å². The molecule has 1 fully saturated rings. The van der Waals surface area contributed by atoms with E-state index in [4.69, 9.17) is 10.2 Å². The number of sulfonamides is 1. The molecular weight excluding hydrogens is 206 g/mol. The highest BCUT2D eigenvalue weighted by molar-refractivity contribution is 7.95. The van der Waals surface area contributed by atoms with Crippen molar-refractivity contribution in [2.24, 2.45) is 5.14 Å². The minimum atomic E-state index is -3.95. The van der Waals surface area contributed by atoms with E-state index in [1.165, 1.54) is 0 Å². The molecule has 1 aliphatic rings. The predicted molar refractivity (Wildman–Crippen MR) is 41.6 cm³/mol. The van der Waals surface area contributed by atoms with E-state index in [0.29, 0.717) is 0 Å². The molecule has 0 aromatic heterocycles. The van der Waals surface area contributed by atoms with Crippen LogP contribution in [0.3, 0.4) is 0 Å². The summed E-state index contributed by atoms with van der Waals surface area (Å²) in [6.45, 7) is 0. The Hall–Kier alpha value is -0.180. The number of aliphatic hydroxyl groups is 1. The Morgan fingerprint density at radius 2 is 1.83 bits per heavy atom. The topological polar surface area (TPSA) is 115 Å². The average Bonchev–Trinajstić information content (AvgIpc) is 2.03. The first-order chi connectivity index (χ1) is 5.22. The van der Waals surface area contributed by atoms with Gasteiger partial charge in [-0.2, -0.15) is 0 Å². The fourth-order valence-electron chi connectivity index (χ4n) is 1.11. The summed E-state index contributed by atoms with van der Waals surface area (Å²) in [4.78, 5) is 0. The van der Waals surface area contributed by atoms with Crippen molar-refractivity contribution in [1.29, 1.82) is 0 Å². The van der Waals surface area contributed by atoms with Crippen molar-refractivity contribution in [2.75, 3.05) is 11.5 Å². The maximum absolute atomic E-state index is 10.8. The summed E-state index contributed by atoms with van der Waals surface area (Å²) >= 11 is 0. The van der Waals surface area contributed by atoms with Gasteiger partial charge in [-0.25, -0.2) is 22.0 Å². The molecule has 0 unspecified atom stereocenters. The van der Waals surface area contributed by atoms with Crippen LogP contribution in [0.1, 0.15) is 0 Å². The second kappa shape index (κ2) is 2.66. The lowest BCUT2D eigenvalue weighted by Crippen LogP contribution is -2.37. The first-order valence-corrected chi connectivity index (χ1v) is 6.55. The molecule has 1 saturated heterocycles. The Morgan fingerprint density at radius 3 is 2.00 bits per heavy atom. The first-order valence-electron chi connectivity index (χ1n) is 3.12. The smallest absolute Gasteiger partial charge is 0.215 e. The van der Waals surface area contributed by atoms with Crippen LogP contribution in [0.5, 0.6) is 0 Å². The van der Waals surface area contributed by atoms with Crippen molar-refractivity contribution < 1.29 is 21.9 Å². The van der Waals surface area contributed by atoms with Gasteiger partial charge in [-0.05, 0) is 0 Å². The highest BCUT2D eigenvalue weighted by Gasteiger charge is 2.42. The van der Waals surface area contributed by atoms with E-state index in [2.05, 4.69) is 0 Å². The molecular formula is C4H9NO5S2. The summed E-state index contributed by atoms with van der Waals surface area (Å²) < 4.78 is 43.0. The van der Waals surface area contributed by atoms with Gasteiger partial charge in [0.1, 0.15) is 5.25 Å². The normalized spacial score (nSPS) is 35.2. The molecule has 0 amide bonds. The molecule has 0 radical (unpaired) electrons. The van der Waals surface area contributed by atoms with Gasteiger partial charge in [0.2, 0.25) is 10.0 Å². The molecule has 2 atom stereocenters. The zero-order valence-corrected chi connectivity index (χ0v) is 7.68. The monoisotopic (exact) mass is 215 g/mol. The maximum atomic E-state index is 10.8. The van der Waals surface area contributed by atoms with Crippen molar-refractivity contribution in [3.63, 3.8) is 0 Å². The van der Waals surface area contributed by atoms with Crippen LogP contribution in [-0.4, -0.2) is 44.8 Å². The van der Waals surface area contributed by atoms with Gasteiger partial charge in [0.15, 0.2) is 9.84 Å². The highest BCUT2D eigenvalue weighted by atomic mass is 32.2. The van der Waals surface area contributed by atoms with Crippen molar-refractivity contribution in [1.82, 2.24) is 0 Å². The van der Waals surface area contributed by atoms with Gasteiger partial charge in [-0.3, -0.25) is 0 Å². The standard InChI is InChI=1S/C4H9NO5S2/c5-12(9,10)4-2-11(7,8)1-3(4)6/h3-4,6H,1-2H2,(H2,5,9,10)/t3-,4+/m1/s1. The van der Waals surface area contributed by atoms with Gasteiger partial charge in [-0.1, -0.05) is 0 Å². The molecule has 1 rings (SSSR count). The number of sulfone groups is 1. The molecule has 6 nitrogen and oxygen atoms in total. The number of rotatable bonds is 1. The van der Waals surface area contributed by atoms with Gasteiger partial charge in [-0.15, -0.1) is 0 Å². The van der Waals surface area contributed by atoms with Gasteiger partial charge < -0.3 is 5.11 Å². The van der Waals surface area contributed by atoms with Crippen LogP contribution in [0.2, 0.25) is 0 Å². The largest absolute Gasteiger partial charge is 0.391 e. The third-order valence-electron chi connectivity index (χ3n) is 1.69. The lowest BCUT2D eigenvalue weighted by atomic mass is 10.3. The molecule has 1 heterocycles. The third kappa shape index (κ3) is 1.94. The van der Waals surface area contributed by atoms with Crippen LogP contribution in [0.15, 0.2) is 0 Å². The van der Waals surface area contributed by atoms with Gasteiger partial charge in [0.05, 0.1) is 17.6 Å². The fraction of sp³-hybridized carbons (Fsp3) is 1.00. The second-order valence-electron chi connectivity index (χ2n) is 2.77. The van der Waals surface area contributed by atoms with Crippen LogP contribution in [-0.2, 0) is 19.9 Å². The lowest BCUT2D eigenvalue weighted by Gasteiger charge is -2.08. The zero-order chi connectivity index (χ0) is 9.57. The summed E-state index contributed by atoms with van der Waals surface area (Å²) in [5.74, 6) is -1.10. The SMILES string of the molecule is NS(=O)(=O)[C@H]1CS(=O)(=O)C[C@H]1O. The van der Waals surface area contributed by atoms with Crippen molar-refractivity contribution in [3.8, 4) is 0 Å². The quantitative estimate of drug-likeness (QED) is 0.499. The minimum Gasteiger partial charge on any atom is -0.391 e. The van der Waals surface area contributed by atoms with Crippen LogP contribution in [0.25, 0.3) is 0 Å². The van der Waals surface area contributed by atoms with Crippen molar-refractivity contribution >= 4 is 19.9 Å². The maximum Gasteiger partial charge on any atom is 0.215 e. The third-order valence-corrected chi connectivity index (χ3v) is 4.95. The fourth-order valence-corrected chi connectivity index (χ4v) is 4.76. The van der Waals surface area contributed by atoms with E-state index < -0.39 is 42.7 Å². The first kappa shape index (κ1) is 9.90. The summed E-state index contributed by atoms with van der Waals surface area (Å²) in [6.07, 6.45) is -1.38. The second-order valence-corrected chi connectivity index (χ2v) is 6.71. The molecule has 1 aliphatic heterocycles. The molecule has 12 heavy (non-hydrogen) atoms. The van der Waals surface area contributed by atoms with E-state index in [0.717, 1.165) is 0 Å². The number of hydrogen-bond acceptors (Lipinski definition) is 5. The van der Waals surface area contributed by atoms with Crippen LogP contribution >= 0.6 is 0 Å². The minimum absolute atomic E-state index is 0.520. The Morgan fingerprint density at radius 1 is 1.33 bits per heavy atom. The summed E-state index contributed by atoms with van der Waals surface area (Å²) in [6, 6.07) is 0. The Balaban J connectivity index is 3.01. The molecule has 0 aromatic carbocycles. The van der Waals surface area contributed by atoms with Crippen molar-refractivity contribution in [2.45, 2.75) is 11.4 Å². The van der Waals surface area contributed by atoms with Gasteiger partial charge in [0, 0.05) is 0 Å². The van der Waals surface area contributed by atoms with Gasteiger partial charge >= 0.3 is 0 Å². The average molecular weight is 215 g/mol. The van der Waals surface area contributed by atoms with E-state index >= 15 is 0 Å². The van der Waals surface area contributed by atoms with Gasteiger partial charge in [0.25, 0.3) is 0 Å². The van der Waals surface area contributed by atoms with Crippen LogP contribution in [0, 0.1) is 0 Å². The summed E-state index contributed by atoms with van der Waals surface area (Å²) in [7, 11) is -7.39. The van der Waals surface area contributed by atoms with Crippen LogP contribution < -0.4 is 5.14 Å². The molecule has 0 bridgehead atoms. The Labute approximate surface area is 70.3 Å². The highest BCUT2D eigenvalue weighted by Crippen LogP contribution is 2.17. The summed E-state index contributed by atoms with van der Waals surface area (Å²) in [5, 5.41) is 12.4. The Kier molecular flexibility index (Phi) is 2.19. The molecule has 0 aliphatic carbocycles. The van der Waals surface area contributed by atoms with E-state index in [1.54, 1.807) is 0 Å². The molecule has 3 N–H and O–H groups in total. The molecule has 0 spiro atoms.